The molecule has 1 heterocycles. The Bertz CT molecular complexity index is 572. The summed E-state index contributed by atoms with van der Waals surface area (Å²) in [5.74, 6) is 0.217. The molecule has 0 amide bonds. The molecule has 0 fully saturated rings. The second-order valence-corrected chi connectivity index (χ2v) is 4.86. The van der Waals surface area contributed by atoms with Crippen LogP contribution in [0.15, 0.2) is 36.7 Å². The van der Waals surface area contributed by atoms with Gasteiger partial charge in [-0.05, 0) is 31.5 Å². The third-order valence-electron chi connectivity index (χ3n) is 3.22. The number of benzene rings is 1. The lowest BCUT2D eigenvalue weighted by Gasteiger charge is -2.17. The normalized spacial score (nSPS) is 12.6. The molecule has 0 bridgehead atoms. The van der Waals surface area contributed by atoms with Crippen molar-refractivity contribution in [3.63, 3.8) is 0 Å². The topological polar surface area (TPSA) is 39.1 Å². The van der Waals surface area contributed by atoms with Crippen molar-refractivity contribution in [1.82, 2.24) is 15.1 Å². The number of nitrogens with one attached hydrogen (secondary N) is 1. The smallest absolute Gasteiger partial charge is 0.387 e. The first kappa shape index (κ1) is 15.4. The molecule has 6 heteroatoms. The van der Waals surface area contributed by atoms with E-state index in [0.29, 0.717) is 0 Å². The van der Waals surface area contributed by atoms with Crippen molar-refractivity contribution in [2.24, 2.45) is 7.05 Å². The quantitative estimate of drug-likeness (QED) is 0.853. The van der Waals surface area contributed by atoms with Crippen LogP contribution in [-0.4, -0.2) is 22.9 Å². The van der Waals surface area contributed by atoms with Gasteiger partial charge in [0.25, 0.3) is 0 Å². The van der Waals surface area contributed by atoms with Gasteiger partial charge >= 0.3 is 6.61 Å². The number of hydrogen-bond acceptors (Lipinski definition) is 3. The Morgan fingerprint density at radius 1 is 1.33 bits per heavy atom. The molecule has 0 spiro atoms. The van der Waals surface area contributed by atoms with E-state index >= 15 is 0 Å². The lowest BCUT2D eigenvalue weighted by Crippen LogP contribution is -2.22. The van der Waals surface area contributed by atoms with E-state index in [-0.39, 0.29) is 11.8 Å². The van der Waals surface area contributed by atoms with Gasteiger partial charge in [0.15, 0.2) is 0 Å². The van der Waals surface area contributed by atoms with Gasteiger partial charge in [-0.2, -0.15) is 13.9 Å². The minimum atomic E-state index is -2.81. The first-order chi connectivity index (χ1) is 10.1. The number of aryl methyl sites for hydroxylation is 1. The molecule has 0 saturated carbocycles. The summed E-state index contributed by atoms with van der Waals surface area (Å²) in [7, 11) is 1.87. The zero-order chi connectivity index (χ0) is 15.2. The number of ether oxygens (including phenoxy) is 1. The minimum Gasteiger partial charge on any atom is -0.434 e. The lowest BCUT2D eigenvalue weighted by atomic mass is 10.1. The molecule has 4 nitrogen and oxygen atoms in total. The van der Waals surface area contributed by atoms with Crippen LogP contribution in [-0.2, 0) is 13.5 Å². The fraction of sp³-hybridized carbons (Fsp3) is 0.400. The van der Waals surface area contributed by atoms with Gasteiger partial charge in [-0.3, -0.25) is 4.68 Å². The largest absolute Gasteiger partial charge is 0.434 e. The van der Waals surface area contributed by atoms with Crippen LogP contribution in [0.25, 0.3) is 0 Å². The van der Waals surface area contributed by atoms with Crippen molar-refractivity contribution in [3.05, 3.63) is 47.8 Å². The molecule has 0 aliphatic carbocycles. The summed E-state index contributed by atoms with van der Waals surface area (Å²) in [6.45, 7) is -0.152. The molecule has 0 saturated heterocycles. The third-order valence-corrected chi connectivity index (χ3v) is 3.22. The molecular formula is C15H19F2N3O. The zero-order valence-electron chi connectivity index (χ0n) is 12.1. The van der Waals surface area contributed by atoms with E-state index in [1.807, 2.05) is 32.4 Å². The van der Waals surface area contributed by atoms with Gasteiger partial charge < -0.3 is 10.1 Å². The molecule has 1 N–H and O–H groups in total. The molecule has 2 aromatic rings. The molecule has 0 aliphatic rings. The fourth-order valence-electron chi connectivity index (χ4n) is 2.19. The molecule has 21 heavy (non-hydrogen) atoms. The van der Waals surface area contributed by atoms with Crippen LogP contribution in [0.2, 0.25) is 0 Å². The van der Waals surface area contributed by atoms with Crippen molar-refractivity contribution in [2.45, 2.75) is 26.0 Å². The molecular weight excluding hydrogens is 276 g/mol. The summed E-state index contributed by atoms with van der Waals surface area (Å²) < 4.78 is 31.1. The number of halogens is 2. The number of aromatic nitrogens is 2. The van der Waals surface area contributed by atoms with E-state index in [1.54, 1.807) is 22.9 Å². The van der Waals surface area contributed by atoms with Crippen LogP contribution < -0.4 is 10.1 Å². The van der Waals surface area contributed by atoms with Crippen molar-refractivity contribution in [2.75, 3.05) is 6.54 Å². The van der Waals surface area contributed by atoms with Crippen LogP contribution in [0.3, 0.4) is 0 Å². The number of para-hydroxylation sites is 1. The van der Waals surface area contributed by atoms with Gasteiger partial charge in [0.2, 0.25) is 0 Å². The highest BCUT2D eigenvalue weighted by Crippen LogP contribution is 2.26. The fourth-order valence-corrected chi connectivity index (χ4v) is 2.19. The first-order valence-corrected chi connectivity index (χ1v) is 6.81. The van der Waals surface area contributed by atoms with E-state index in [0.717, 1.165) is 24.1 Å². The molecule has 1 aromatic carbocycles. The summed E-state index contributed by atoms with van der Waals surface area (Å²) in [5, 5.41) is 7.41. The Morgan fingerprint density at radius 3 is 2.76 bits per heavy atom. The molecule has 114 valence electrons. The maximum atomic E-state index is 12.4. The first-order valence-electron chi connectivity index (χ1n) is 6.81. The van der Waals surface area contributed by atoms with Crippen molar-refractivity contribution in [1.29, 1.82) is 0 Å². The predicted molar refractivity (Wildman–Crippen MR) is 76.4 cm³/mol. The second-order valence-electron chi connectivity index (χ2n) is 4.86. The molecule has 1 unspecified atom stereocenters. The zero-order valence-corrected chi connectivity index (χ0v) is 12.1. The Labute approximate surface area is 122 Å². The summed E-state index contributed by atoms with van der Waals surface area (Å²) in [6, 6.07) is 6.77. The van der Waals surface area contributed by atoms with E-state index in [9.17, 15) is 8.78 Å². The highest BCUT2D eigenvalue weighted by molar-refractivity contribution is 5.35. The van der Waals surface area contributed by atoms with Crippen molar-refractivity contribution < 1.29 is 13.5 Å². The van der Waals surface area contributed by atoms with Crippen molar-refractivity contribution in [3.8, 4) is 5.75 Å². The van der Waals surface area contributed by atoms with Crippen LogP contribution >= 0.6 is 0 Å². The molecule has 2 rings (SSSR count). The van der Waals surface area contributed by atoms with E-state index in [2.05, 4.69) is 15.2 Å². The average molecular weight is 295 g/mol. The highest BCUT2D eigenvalue weighted by atomic mass is 19.3. The maximum absolute atomic E-state index is 12.4. The van der Waals surface area contributed by atoms with Crippen LogP contribution in [0.4, 0.5) is 8.78 Å². The van der Waals surface area contributed by atoms with E-state index in [4.69, 9.17) is 0 Å². The molecule has 1 atom stereocenters. The van der Waals surface area contributed by atoms with Gasteiger partial charge in [0, 0.05) is 24.8 Å². The molecule has 1 aromatic heterocycles. The standard InChI is InChI=1S/C15H19F2N3O/c1-11(18-8-7-12-9-19-20(2)10-12)13-5-3-4-6-14(13)21-15(16)17/h3-6,9-11,15,18H,7-8H2,1-2H3. The van der Waals surface area contributed by atoms with Gasteiger partial charge in [-0.25, -0.2) is 0 Å². The SMILES string of the molecule is CC(NCCc1cnn(C)c1)c1ccccc1OC(F)F. The maximum Gasteiger partial charge on any atom is 0.387 e. The number of nitrogens with zero attached hydrogens (tertiary/aromatic N) is 2. The van der Waals surface area contributed by atoms with Gasteiger partial charge in [-0.15, -0.1) is 0 Å². The van der Waals surface area contributed by atoms with Gasteiger partial charge in [0.1, 0.15) is 5.75 Å². The Morgan fingerprint density at radius 2 is 2.10 bits per heavy atom. The van der Waals surface area contributed by atoms with E-state index in [1.165, 1.54) is 0 Å². The number of rotatable bonds is 7. The van der Waals surface area contributed by atoms with Crippen LogP contribution in [0.1, 0.15) is 24.1 Å². The van der Waals surface area contributed by atoms with E-state index < -0.39 is 6.61 Å². The number of hydrogen-bond donors (Lipinski definition) is 1. The Hall–Kier alpha value is -1.95. The van der Waals surface area contributed by atoms with Gasteiger partial charge in [-0.1, -0.05) is 18.2 Å². The molecule has 0 radical (unpaired) electrons. The van der Waals surface area contributed by atoms with Gasteiger partial charge in [0.05, 0.1) is 6.20 Å². The summed E-state index contributed by atoms with van der Waals surface area (Å²) in [4.78, 5) is 0. The summed E-state index contributed by atoms with van der Waals surface area (Å²) in [6.07, 6.45) is 4.61. The summed E-state index contributed by atoms with van der Waals surface area (Å²) >= 11 is 0. The predicted octanol–water partition coefficient (Wildman–Crippen LogP) is 2.91. The highest BCUT2D eigenvalue weighted by Gasteiger charge is 2.13. The lowest BCUT2D eigenvalue weighted by molar-refractivity contribution is -0.0506. The summed E-state index contributed by atoms with van der Waals surface area (Å²) in [5.41, 5.74) is 1.86. The minimum absolute atomic E-state index is 0.0726. The third kappa shape index (κ3) is 4.53. The second kappa shape index (κ2) is 7.17. The average Bonchev–Trinajstić information content (AvgIpc) is 2.84. The van der Waals surface area contributed by atoms with Crippen LogP contribution in [0.5, 0.6) is 5.75 Å². The monoisotopic (exact) mass is 295 g/mol. The number of alkyl halides is 2. The van der Waals surface area contributed by atoms with Crippen LogP contribution in [0, 0.1) is 0 Å². The molecule has 0 aliphatic heterocycles. The Kier molecular flexibility index (Phi) is 5.27. The van der Waals surface area contributed by atoms with Crippen molar-refractivity contribution >= 4 is 0 Å². The Balaban J connectivity index is 1.92.